The Bertz CT molecular complexity index is 662. The van der Waals surface area contributed by atoms with E-state index < -0.39 is 15.6 Å². The number of rotatable bonds is 7. The van der Waals surface area contributed by atoms with Crippen molar-refractivity contribution in [2.45, 2.75) is 0 Å². The van der Waals surface area contributed by atoms with Gasteiger partial charge in [0.1, 0.15) is 11.5 Å². The molecule has 0 aliphatic heterocycles. The van der Waals surface area contributed by atoms with Crippen molar-refractivity contribution < 1.29 is 32.3 Å². The lowest BCUT2D eigenvalue weighted by Crippen LogP contribution is -2.11. The van der Waals surface area contributed by atoms with Crippen LogP contribution in [-0.4, -0.2) is 22.9 Å². The summed E-state index contributed by atoms with van der Waals surface area (Å²) in [4.78, 5) is 17.7. The third-order valence-corrected chi connectivity index (χ3v) is 4.81. The van der Waals surface area contributed by atoms with Gasteiger partial charge in [0.2, 0.25) is 0 Å². The van der Waals surface area contributed by atoms with Crippen LogP contribution in [0.5, 0.6) is 11.5 Å². The van der Waals surface area contributed by atoms with Gasteiger partial charge in [0.25, 0.3) is 0 Å². The predicted molar refractivity (Wildman–Crippen MR) is 93.0 cm³/mol. The van der Waals surface area contributed by atoms with Gasteiger partial charge in [-0.15, -0.1) is 0 Å². The molecule has 0 aliphatic rings. The van der Waals surface area contributed by atoms with E-state index in [-0.39, 0.29) is 11.5 Å². The SMILES string of the molecule is NCCN.O=P(O)(O)OP(=O)(Oc1ccccc1)Oc1ccccc1. The number of benzene rings is 2. The number of hydrogen-bond acceptors (Lipinski definition) is 7. The highest BCUT2D eigenvalue weighted by Crippen LogP contribution is 2.60. The highest BCUT2D eigenvalue weighted by atomic mass is 31.3. The number of hydrogen-bond donors (Lipinski definition) is 4. The summed E-state index contributed by atoms with van der Waals surface area (Å²) in [6, 6.07) is 15.6. The van der Waals surface area contributed by atoms with E-state index in [0.29, 0.717) is 13.1 Å². The Morgan fingerprint density at radius 3 is 1.40 bits per heavy atom. The van der Waals surface area contributed by atoms with Crippen LogP contribution in [0, 0.1) is 0 Å². The number of para-hydroxylation sites is 2. The van der Waals surface area contributed by atoms with Gasteiger partial charge in [-0.1, -0.05) is 36.4 Å². The van der Waals surface area contributed by atoms with Gasteiger partial charge in [-0.05, 0) is 24.3 Å². The van der Waals surface area contributed by atoms with Gasteiger partial charge in [0.15, 0.2) is 0 Å². The van der Waals surface area contributed by atoms with Crippen molar-refractivity contribution in [3.8, 4) is 11.5 Å². The maximum absolute atomic E-state index is 12.4. The zero-order valence-electron chi connectivity index (χ0n) is 13.2. The average molecular weight is 390 g/mol. The maximum Gasteiger partial charge on any atom is 0.596 e. The minimum Gasteiger partial charge on any atom is -0.395 e. The highest BCUT2D eigenvalue weighted by molar-refractivity contribution is 7.61. The van der Waals surface area contributed by atoms with E-state index in [9.17, 15) is 9.13 Å². The summed E-state index contributed by atoms with van der Waals surface area (Å²) in [6.07, 6.45) is 0. The van der Waals surface area contributed by atoms with Crippen LogP contribution in [0.15, 0.2) is 60.7 Å². The van der Waals surface area contributed by atoms with Crippen LogP contribution < -0.4 is 20.5 Å². The van der Waals surface area contributed by atoms with Crippen LogP contribution in [0.4, 0.5) is 0 Å². The van der Waals surface area contributed by atoms with E-state index in [0.717, 1.165) is 0 Å². The third-order valence-electron chi connectivity index (χ3n) is 2.29. The predicted octanol–water partition coefficient (Wildman–Crippen LogP) is 2.27. The zero-order valence-corrected chi connectivity index (χ0v) is 15.0. The Labute approximate surface area is 145 Å². The fourth-order valence-corrected chi connectivity index (χ4v) is 3.51. The van der Waals surface area contributed by atoms with Crippen molar-refractivity contribution in [3.63, 3.8) is 0 Å². The Morgan fingerprint density at radius 2 is 1.12 bits per heavy atom. The normalized spacial score (nSPS) is 11.2. The smallest absolute Gasteiger partial charge is 0.395 e. The minimum absolute atomic E-state index is 0.0882. The molecular formula is C14H20N2O7P2. The summed E-state index contributed by atoms with van der Waals surface area (Å²) in [6.45, 7) is 1.19. The average Bonchev–Trinajstić information content (AvgIpc) is 2.54. The lowest BCUT2D eigenvalue weighted by molar-refractivity contribution is 0.233. The molecular weight excluding hydrogens is 370 g/mol. The molecule has 25 heavy (non-hydrogen) atoms. The Morgan fingerprint density at radius 1 is 0.760 bits per heavy atom. The fraction of sp³-hybridized carbons (Fsp3) is 0.143. The molecule has 11 heteroatoms. The van der Waals surface area contributed by atoms with E-state index >= 15 is 0 Å². The molecule has 0 amide bonds. The molecule has 2 rings (SSSR count). The van der Waals surface area contributed by atoms with Crippen LogP contribution >= 0.6 is 15.6 Å². The van der Waals surface area contributed by atoms with Gasteiger partial charge in [0, 0.05) is 13.1 Å². The topological polar surface area (TPSA) is 154 Å². The molecule has 0 unspecified atom stereocenters. The first-order chi connectivity index (χ1) is 11.8. The van der Waals surface area contributed by atoms with Crippen molar-refractivity contribution in [2.75, 3.05) is 13.1 Å². The Hall–Kier alpha value is -1.70. The third kappa shape index (κ3) is 9.38. The van der Waals surface area contributed by atoms with Gasteiger partial charge in [-0.2, -0.15) is 4.31 Å². The van der Waals surface area contributed by atoms with Crippen LogP contribution in [0.25, 0.3) is 0 Å². The zero-order chi connectivity index (χ0) is 18.8. The van der Waals surface area contributed by atoms with Crippen molar-refractivity contribution in [1.29, 1.82) is 0 Å². The second kappa shape index (κ2) is 10.3. The van der Waals surface area contributed by atoms with Crippen LogP contribution in [0.1, 0.15) is 0 Å². The highest BCUT2D eigenvalue weighted by Gasteiger charge is 2.39. The molecule has 0 aliphatic carbocycles. The molecule has 2 aromatic carbocycles. The summed E-state index contributed by atoms with van der Waals surface area (Å²) in [5.41, 5.74) is 9.81. The number of nitrogens with two attached hydrogens (primary N) is 2. The quantitative estimate of drug-likeness (QED) is 0.521. The van der Waals surface area contributed by atoms with Gasteiger partial charge in [-0.25, -0.2) is 9.13 Å². The molecule has 0 atom stereocenters. The van der Waals surface area contributed by atoms with Crippen molar-refractivity contribution >= 4 is 15.6 Å². The van der Waals surface area contributed by atoms with Crippen LogP contribution in [-0.2, 0) is 13.4 Å². The molecule has 0 saturated carbocycles. The molecule has 6 N–H and O–H groups in total. The van der Waals surface area contributed by atoms with Crippen LogP contribution in [0.3, 0.4) is 0 Å². The lowest BCUT2D eigenvalue weighted by Gasteiger charge is -2.18. The molecule has 0 saturated heterocycles. The second-order valence-corrected chi connectivity index (χ2v) is 7.30. The van der Waals surface area contributed by atoms with Gasteiger partial charge >= 0.3 is 15.6 Å². The molecule has 2 aromatic rings. The fourth-order valence-electron chi connectivity index (χ4n) is 1.40. The van der Waals surface area contributed by atoms with E-state index in [1.165, 1.54) is 24.3 Å². The second-order valence-electron chi connectivity index (χ2n) is 4.41. The van der Waals surface area contributed by atoms with Crippen molar-refractivity contribution in [3.05, 3.63) is 60.7 Å². The molecule has 0 bridgehead atoms. The number of phosphoric acid groups is 2. The molecule has 0 spiro atoms. The lowest BCUT2D eigenvalue weighted by atomic mass is 10.3. The van der Waals surface area contributed by atoms with Gasteiger partial charge in [-0.3, -0.25) is 0 Å². The number of phosphoric ester groups is 1. The molecule has 138 valence electrons. The first kappa shape index (κ1) is 21.3. The molecule has 0 fully saturated rings. The first-order valence-electron chi connectivity index (χ1n) is 7.04. The summed E-state index contributed by atoms with van der Waals surface area (Å²) in [7, 11) is -9.62. The van der Waals surface area contributed by atoms with E-state index in [2.05, 4.69) is 4.31 Å². The summed E-state index contributed by atoms with van der Waals surface area (Å²) in [5.74, 6) is 0.176. The summed E-state index contributed by atoms with van der Waals surface area (Å²) in [5, 5.41) is 0. The summed E-state index contributed by atoms with van der Waals surface area (Å²) < 4.78 is 37.6. The van der Waals surface area contributed by atoms with Crippen LogP contribution in [0.2, 0.25) is 0 Å². The Kier molecular flexibility index (Phi) is 8.82. The standard InChI is InChI=1S/C12H12O7P2.C2H8N2/c13-20(14,15)19-21(16,17-11-7-3-1-4-8-11)18-12-9-5-2-6-10-12;3-1-2-4/h1-10H,(H2,13,14,15);1-4H2. The summed E-state index contributed by atoms with van der Waals surface area (Å²) >= 11 is 0. The van der Waals surface area contributed by atoms with Crippen molar-refractivity contribution in [1.82, 2.24) is 0 Å². The molecule has 0 aromatic heterocycles. The maximum atomic E-state index is 12.4. The first-order valence-corrected chi connectivity index (χ1v) is 10.0. The van der Waals surface area contributed by atoms with Gasteiger partial charge in [0.05, 0.1) is 0 Å². The molecule has 9 nitrogen and oxygen atoms in total. The minimum atomic E-state index is -5.07. The molecule has 0 heterocycles. The Balaban J connectivity index is 0.000000705. The monoisotopic (exact) mass is 390 g/mol. The van der Waals surface area contributed by atoms with E-state index in [1.807, 2.05) is 0 Å². The van der Waals surface area contributed by atoms with Gasteiger partial charge < -0.3 is 30.3 Å². The molecule has 0 radical (unpaired) electrons. The van der Waals surface area contributed by atoms with E-state index in [1.54, 1.807) is 36.4 Å². The van der Waals surface area contributed by atoms with Crippen molar-refractivity contribution in [2.24, 2.45) is 11.5 Å². The van der Waals surface area contributed by atoms with E-state index in [4.69, 9.17) is 30.3 Å². The largest absolute Gasteiger partial charge is 0.596 e.